The average Bonchev–Trinajstić information content (AvgIpc) is 2.48. The summed E-state index contributed by atoms with van der Waals surface area (Å²) in [7, 11) is 0. The molecule has 0 bridgehead atoms. The van der Waals surface area contributed by atoms with Gasteiger partial charge in [0.1, 0.15) is 11.6 Å². The summed E-state index contributed by atoms with van der Waals surface area (Å²) in [5.74, 6) is -0.738. The number of rotatable bonds is 2. The number of hydrogen-bond acceptors (Lipinski definition) is 3. The number of carbonyl (C=O) groups is 2. The maximum absolute atomic E-state index is 13.0. The van der Waals surface area contributed by atoms with Gasteiger partial charge in [0, 0.05) is 5.69 Å². The zero-order valence-electron chi connectivity index (χ0n) is 12.0. The number of amides is 2. The predicted octanol–water partition coefficient (Wildman–Crippen LogP) is 3.45. The molecule has 7 heteroatoms. The normalized spacial score (nSPS) is 16.1. The van der Waals surface area contributed by atoms with Gasteiger partial charge in [0.05, 0.1) is 16.3 Å². The molecule has 1 aliphatic heterocycles. The van der Waals surface area contributed by atoms with Crippen LogP contribution in [0.25, 0.3) is 0 Å². The Kier molecular flexibility index (Phi) is 3.92. The van der Waals surface area contributed by atoms with Gasteiger partial charge in [-0.2, -0.15) is 0 Å². The first-order valence-electron chi connectivity index (χ1n) is 6.82. The molecule has 1 aliphatic rings. The standard InChI is InChI=1S/C16H12ClFN2O3/c1-8-15(21)20-13-7-10(3-5-14(13)23-8)19-16(22)11-4-2-9(18)6-12(11)17/h2-8H,1H3,(H,19,22)(H,20,21). The minimum Gasteiger partial charge on any atom is -0.479 e. The van der Waals surface area contributed by atoms with E-state index >= 15 is 0 Å². The molecule has 0 saturated heterocycles. The minimum absolute atomic E-state index is 0.0194. The largest absolute Gasteiger partial charge is 0.479 e. The fourth-order valence-corrected chi connectivity index (χ4v) is 2.41. The second-order valence-electron chi connectivity index (χ2n) is 5.04. The van der Waals surface area contributed by atoms with Crippen LogP contribution in [-0.2, 0) is 4.79 Å². The molecule has 0 fully saturated rings. The topological polar surface area (TPSA) is 67.4 Å². The van der Waals surface area contributed by atoms with E-state index in [-0.39, 0.29) is 16.5 Å². The highest BCUT2D eigenvalue weighted by molar-refractivity contribution is 6.34. The lowest BCUT2D eigenvalue weighted by molar-refractivity contribution is -0.122. The third-order valence-corrected chi connectivity index (χ3v) is 3.66. The first kappa shape index (κ1) is 15.3. The molecule has 0 aromatic heterocycles. The lowest BCUT2D eigenvalue weighted by Gasteiger charge is -2.23. The molecular formula is C16H12ClFN2O3. The van der Waals surface area contributed by atoms with E-state index in [1.807, 2.05) is 0 Å². The molecule has 2 amide bonds. The Morgan fingerprint density at radius 2 is 2.09 bits per heavy atom. The van der Waals surface area contributed by atoms with Gasteiger partial charge < -0.3 is 15.4 Å². The van der Waals surface area contributed by atoms with E-state index in [0.717, 1.165) is 12.1 Å². The molecule has 118 valence electrons. The van der Waals surface area contributed by atoms with Crippen molar-refractivity contribution in [3.63, 3.8) is 0 Å². The highest BCUT2D eigenvalue weighted by Gasteiger charge is 2.23. The monoisotopic (exact) mass is 334 g/mol. The van der Waals surface area contributed by atoms with Gasteiger partial charge in [-0.25, -0.2) is 4.39 Å². The van der Waals surface area contributed by atoms with Crippen LogP contribution in [0.15, 0.2) is 36.4 Å². The van der Waals surface area contributed by atoms with Crippen LogP contribution in [0.1, 0.15) is 17.3 Å². The van der Waals surface area contributed by atoms with Crippen LogP contribution < -0.4 is 15.4 Å². The number of anilines is 2. The third-order valence-electron chi connectivity index (χ3n) is 3.34. The molecule has 2 aromatic carbocycles. The summed E-state index contributed by atoms with van der Waals surface area (Å²) >= 11 is 5.86. The number of nitrogens with one attached hydrogen (secondary N) is 2. The molecule has 0 aliphatic carbocycles. The lowest BCUT2D eigenvalue weighted by atomic mass is 10.1. The van der Waals surface area contributed by atoms with Gasteiger partial charge in [0.2, 0.25) is 0 Å². The zero-order valence-corrected chi connectivity index (χ0v) is 12.8. The SMILES string of the molecule is CC1Oc2ccc(NC(=O)c3ccc(F)cc3Cl)cc2NC1=O. The molecule has 2 N–H and O–H groups in total. The van der Waals surface area contributed by atoms with Gasteiger partial charge in [-0.1, -0.05) is 11.6 Å². The molecular weight excluding hydrogens is 323 g/mol. The van der Waals surface area contributed by atoms with Gasteiger partial charge in [-0.05, 0) is 43.3 Å². The molecule has 5 nitrogen and oxygen atoms in total. The highest BCUT2D eigenvalue weighted by atomic mass is 35.5. The summed E-state index contributed by atoms with van der Waals surface area (Å²) < 4.78 is 18.5. The molecule has 2 aromatic rings. The van der Waals surface area contributed by atoms with Crippen LogP contribution >= 0.6 is 11.6 Å². The number of fused-ring (bicyclic) bond motifs is 1. The molecule has 1 unspecified atom stereocenters. The first-order valence-corrected chi connectivity index (χ1v) is 7.20. The van der Waals surface area contributed by atoms with E-state index in [2.05, 4.69) is 10.6 Å². The minimum atomic E-state index is -0.569. The second kappa shape index (κ2) is 5.89. The van der Waals surface area contributed by atoms with Gasteiger partial charge in [-0.3, -0.25) is 9.59 Å². The van der Waals surface area contributed by atoms with Crippen molar-refractivity contribution >= 4 is 34.8 Å². The van der Waals surface area contributed by atoms with E-state index in [9.17, 15) is 14.0 Å². The molecule has 0 radical (unpaired) electrons. The molecule has 0 spiro atoms. The Balaban J connectivity index is 1.82. The highest BCUT2D eigenvalue weighted by Crippen LogP contribution is 2.32. The Bertz CT molecular complexity index is 810. The Morgan fingerprint density at radius 3 is 2.83 bits per heavy atom. The first-order chi connectivity index (χ1) is 10.9. The molecule has 1 atom stereocenters. The Hall–Kier alpha value is -2.60. The van der Waals surface area contributed by atoms with Crippen LogP contribution in [0, 0.1) is 5.82 Å². The summed E-state index contributed by atoms with van der Waals surface area (Å²) in [6.45, 7) is 1.64. The molecule has 23 heavy (non-hydrogen) atoms. The third kappa shape index (κ3) is 3.12. The molecule has 1 heterocycles. The van der Waals surface area contributed by atoms with E-state index in [1.54, 1.807) is 25.1 Å². The quantitative estimate of drug-likeness (QED) is 0.884. The Labute approximate surface area is 136 Å². The summed E-state index contributed by atoms with van der Waals surface area (Å²) in [5, 5.41) is 5.35. The van der Waals surface area contributed by atoms with E-state index < -0.39 is 17.8 Å². The second-order valence-corrected chi connectivity index (χ2v) is 5.45. The van der Waals surface area contributed by atoms with Crippen molar-refractivity contribution < 1.29 is 18.7 Å². The summed E-state index contributed by atoms with van der Waals surface area (Å²) in [6, 6.07) is 8.39. The van der Waals surface area contributed by atoms with Crippen molar-refractivity contribution in [2.24, 2.45) is 0 Å². The fraction of sp³-hybridized carbons (Fsp3) is 0.125. The van der Waals surface area contributed by atoms with Gasteiger partial charge in [0.15, 0.2) is 6.10 Å². The fourth-order valence-electron chi connectivity index (χ4n) is 2.16. The van der Waals surface area contributed by atoms with Crippen LogP contribution in [0.4, 0.5) is 15.8 Å². The number of halogens is 2. The number of carbonyl (C=O) groups excluding carboxylic acids is 2. The van der Waals surface area contributed by atoms with Crippen LogP contribution in [0.5, 0.6) is 5.75 Å². The van der Waals surface area contributed by atoms with E-state index in [0.29, 0.717) is 17.1 Å². The van der Waals surface area contributed by atoms with Gasteiger partial charge in [0.25, 0.3) is 11.8 Å². The van der Waals surface area contributed by atoms with Crippen LogP contribution in [0.3, 0.4) is 0 Å². The van der Waals surface area contributed by atoms with Crippen LogP contribution in [-0.4, -0.2) is 17.9 Å². The van der Waals surface area contributed by atoms with Crippen molar-refractivity contribution in [1.29, 1.82) is 0 Å². The number of hydrogen-bond donors (Lipinski definition) is 2. The summed E-state index contributed by atoms with van der Waals surface area (Å²) in [4.78, 5) is 23.8. The molecule has 3 rings (SSSR count). The van der Waals surface area contributed by atoms with E-state index in [4.69, 9.17) is 16.3 Å². The number of benzene rings is 2. The van der Waals surface area contributed by atoms with Gasteiger partial charge >= 0.3 is 0 Å². The van der Waals surface area contributed by atoms with Crippen molar-refractivity contribution in [1.82, 2.24) is 0 Å². The van der Waals surface area contributed by atoms with Crippen molar-refractivity contribution in [3.8, 4) is 5.75 Å². The van der Waals surface area contributed by atoms with Gasteiger partial charge in [-0.15, -0.1) is 0 Å². The van der Waals surface area contributed by atoms with Crippen molar-refractivity contribution in [2.75, 3.05) is 10.6 Å². The predicted molar refractivity (Wildman–Crippen MR) is 84.5 cm³/mol. The van der Waals surface area contributed by atoms with Crippen molar-refractivity contribution in [2.45, 2.75) is 13.0 Å². The summed E-state index contributed by atoms with van der Waals surface area (Å²) in [5.41, 5.74) is 1.07. The smallest absolute Gasteiger partial charge is 0.265 e. The molecule has 0 saturated carbocycles. The summed E-state index contributed by atoms with van der Waals surface area (Å²) in [6.07, 6.45) is -0.569. The maximum Gasteiger partial charge on any atom is 0.265 e. The average molecular weight is 335 g/mol. The van der Waals surface area contributed by atoms with Crippen molar-refractivity contribution in [3.05, 3.63) is 52.8 Å². The van der Waals surface area contributed by atoms with Crippen LogP contribution in [0.2, 0.25) is 5.02 Å². The number of ether oxygens (including phenoxy) is 1. The lowest BCUT2D eigenvalue weighted by Crippen LogP contribution is -2.34. The zero-order chi connectivity index (χ0) is 16.6. The Morgan fingerprint density at radius 1 is 1.30 bits per heavy atom. The van der Waals surface area contributed by atoms with E-state index in [1.165, 1.54) is 6.07 Å². The maximum atomic E-state index is 13.0.